The summed E-state index contributed by atoms with van der Waals surface area (Å²) in [7, 11) is 0. The van der Waals surface area contributed by atoms with Crippen LogP contribution < -0.4 is 5.73 Å². The van der Waals surface area contributed by atoms with Crippen molar-refractivity contribution in [3.8, 4) is 11.4 Å². The third kappa shape index (κ3) is 2.76. The van der Waals surface area contributed by atoms with E-state index < -0.39 is 4.92 Å². The molecule has 1 aromatic carbocycles. The Morgan fingerprint density at radius 2 is 2.16 bits per heavy atom. The maximum atomic E-state index is 10.7. The van der Waals surface area contributed by atoms with Crippen molar-refractivity contribution >= 4 is 5.69 Å². The highest BCUT2D eigenvalue weighted by Crippen LogP contribution is 2.24. The third-order valence-corrected chi connectivity index (χ3v) is 2.76. The van der Waals surface area contributed by atoms with Gasteiger partial charge < -0.3 is 10.3 Å². The number of nitrogens with two attached hydrogens (primary N) is 1. The number of hydrogen-bond acceptors (Lipinski definition) is 6. The van der Waals surface area contributed by atoms with Gasteiger partial charge in [0, 0.05) is 17.7 Å². The summed E-state index contributed by atoms with van der Waals surface area (Å²) in [4.78, 5) is 14.4. The first-order valence-corrected chi connectivity index (χ1v) is 5.83. The predicted octanol–water partition coefficient (Wildman–Crippen LogP) is 2.30. The highest BCUT2D eigenvalue weighted by molar-refractivity contribution is 5.58. The number of nitro groups is 1. The highest BCUT2D eigenvalue weighted by Gasteiger charge is 2.19. The van der Waals surface area contributed by atoms with Crippen molar-refractivity contribution in [2.75, 3.05) is 0 Å². The van der Waals surface area contributed by atoms with Crippen LogP contribution in [0.15, 0.2) is 28.8 Å². The van der Waals surface area contributed by atoms with Crippen LogP contribution in [-0.2, 0) is 0 Å². The fourth-order valence-electron chi connectivity index (χ4n) is 1.53. The average Bonchev–Trinajstić information content (AvgIpc) is 2.87. The van der Waals surface area contributed by atoms with Gasteiger partial charge in [0.1, 0.15) is 0 Å². The topological polar surface area (TPSA) is 108 Å². The molecule has 0 aliphatic rings. The molecular formula is C12H14N4O3. The molecule has 0 amide bonds. The largest absolute Gasteiger partial charge is 0.337 e. The van der Waals surface area contributed by atoms with Gasteiger partial charge in [-0.15, -0.1) is 0 Å². The van der Waals surface area contributed by atoms with Crippen molar-refractivity contribution in [1.29, 1.82) is 0 Å². The molecule has 19 heavy (non-hydrogen) atoms. The lowest BCUT2D eigenvalue weighted by molar-refractivity contribution is -0.384. The molecule has 1 atom stereocenters. The van der Waals surface area contributed by atoms with Gasteiger partial charge >= 0.3 is 0 Å². The van der Waals surface area contributed by atoms with E-state index in [1.165, 1.54) is 12.1 Å². The first kappa shape index (κ1) is 13.2. The number of nitrogens with zero attached hydrogens (tertiary/aromatic N) is 3. The Morgan fingerprint density at radius 1 is 1.42 bits per heavy atom. The first-order valence-electron chi connectivity index (χ1n) is 5.83. The molecule has 0 unspecified atom stereocenters. The average molecular weight is 262 g/mol. The standard InChI is InChI=1S/C12H14N4O3/c1-7(2)10(13)12-14-11(15-19-12)8-4-3-5-9(6-8)16(17)18/h3-7,10H,13H2,1-2H3/t10-/m1/s1. The highest BCUT2D eigenvalue weighted by atomic mass is 16.6. The van der Waals surface area contributed by atoms with Gasteiger partial charge in [-0.1, -0.05) is 31.1 Å². The summed E-state index contributed by atoms with van der Waals surface area (Å²) in [6, 6.07) is 5.72. The van der Waals surface area contributed by atoms with E-state index in [-0.39, 0.29) is 17.6 Å². The zero-order valence-corrected chi connectivity index (χ0v) is 10.6. The van der Waals surface area contributed by atoms with Gasteiger partial charge in [-0.2, -0.15) is 4.98 Å². The van der Waals surface area contributed by atoms with Gasteiger partial charge in [0.2, 0.25) is 11.7 Å². The molecule has 0 bridgehead atoms. The van der Waals surface area contributed by atoms with Crippen LogP contribution in [0.3, 0.4) is 0 Å². The van der Waals surface area contributed by atoms with Crippen molar-refractivity contribution in [2.24, 2.45) is 11.7 Å². The number of nitro benzene ring substituents is 1. The summed E-state index contributed by atoms with van der Waals surface area (Å²) < 4.78 is 5.09. The molecule has 0 saturated carbocycles. The van der Waals surface area contributed by atoms with Crippen molar-refractivity contribution in [2.45, 2.75) is 19.9 Å². The predicted molar refractivity (Wildman–Crippen MR) is 68.2 cm³/mol. The summed E-state index contributed by atoms with van der Waals surface area (Å²) in [6.07, 6.45) is 0. The second-order valence-corrected chi connectivity index (χ2v) is 4.53. The fraction of sp³-hybridized carbons (Fsp3) is 0.333. The molecule has 2 rings (SSSR count). The van der Waals surface area contributed by atoms with Crippen LogP contribution in [0.1, 0.15) is 25.8 Å². The van der Waals surface area contributed by atoms with Gasteiger partial charge in [-0.05, 0) is 5.92 Å². The number of rotatable bonds is 4. The summed E-state index contributed by atoms with van der Waals surface area (Å²) >= 11 is 0. The zero-order valence-electron chi connectivity index (χ0n) is 10.6. The third-order valence-electron chi connectivity index (χ3n) is 2.76. The molecule has 1 aromatic heterocycles. The van der Waals surface area contributed by atoms with E-state index in [9.17, 15) is 10.1 Å². The van der Waals surface area contributed by atoms with E-state index in [4.69, 9.17) is 10.3 Å². The maximum absolute atomic E-state index is 10.7. The molecule has 7 nitrogen and oxygen atoms in total. The second kappa shape index (κ2) is 5.15. The molecule has 7 heteroatoms. The normalized spacial score (nSPS) is 12.6. The van der Waals surface area contributed by atoms with Crippen LogP contribution in [-0.4, -0.2) is 15.1 Å². The Morgan fingerprint density at radius 3 is 2.79 bits per heavy atom. The van der Waals surface area contributed by atoms with Gasteiger partial charge in [0.05, 0.1) is 11.0 Å². The summed E-state index contributed by atoms with van der Waals surface area (Å²) in [6.45, 7) is 3.89. The molecule has 0 aliphatic heterocycles. The minimum atomic E-state index is -0.468. The minimum absolute atomic E-state index is 0.0167. The van der Waals surface area contributed by atoms with Crippen LogP contribution in [0.25, 0.3) is 11.4 Å². The monoisotopic (exact) mass is 262 g/mol. The van der Waals surface area contributed by atoms with Crippen molar-refractivity contribution in [3.05, 3.63) is 40.3 Å². The van der Waals surface area contributed by atoms with E-state index in [1.807, 2.05) is 13.8 Å². The Balaban J connectivity index is 2.33. The quantitative estimate of drug-likeness (QED) is 0.669. The van der Waals surface area contributed by atoms with Gasteiger partial charge in [-0.25, -0.2) is 0 Å². The maximum Gasteiger partial charge on any atom is 0.270 e. The molecule has 0 spiro atoms. The first-order chi connectivity index (χ1) is 8.99. The van der Waals surface area contributed by atoms with E-state index in [2.05, 4.69) is 10.1 Å². The summed E-state index contributed by atoms with van der Waals surface area (Å²) in [5.41, 5.74) is 6.41. The molecule has 0 saturated heterocycles. The Kier molecular flexibility index (Phi) is 3.57. The molecular weight excluding hydrogens is 248 g/mol. The second-order valence-electron chi connectivity index (χ2n) is 4.53. The van der Waals surface area contributed by atoms with Crippen molar-refractivity contribution < 1.29 is 9.45 Å². The Bertz CT molecular complexity index is 594. The summed E-state index contributed by atoms with van der Waals surface area (Å²) in [5.74, 6) is 0.796. The van der Waals surface area contributed by atoms with E-state index >= 15 is 0 Å². The lowest BCUT2D eigenvalue weighted by atomic mass is 10.1. The zero-order chi connectivity index (χ0) is 14.0. The number of hydrogen-bond donors (Lipinski definition) is 1. The molecule has 2 N–H and O–H groups in total. The lowest BCUT2D eigenvalue weighted by Gasteiger charge is -2.09. The van der Waals surface area contributed by atoms with Crippen LogP contribution in [0.5, 0.6) is 0 Å². The summed E-state index contributed by atoms with van der Waals surface area (Å²) in [5, 5.41) is 14.5. The number of benzene rings is 1. The van der Waals surface area contributed by atoms with Crippen LogP contribution in [0.4, 0.5) is 5.69 Å². The van der Waals surface area contributed by atoms with Gasteiger partial charge in [0.15, 0.2) is 0 Å². The number of non-ortho nitro benzene ring substituents is 1. The lowest BCUT2D eigenvalue weighted by Crippen LogP contribution is -2.16. The van der Waals surface area contributed by atoms with E-state index in [1.54, 1.807) is 12.1 Å². The smallest absolute Gasteiger partial charge is 0.270 e. The Labute approximate surface area is 109 Å². The number of aromatic nitrogens is 2. The molecule has 0 fully saturated rings. The molecule has 100 valence electrons. The molecule has 0 aliphatic carbocycles. The van der Waals surface area contributed by atoms with Crippen LogP contribution in [0.2, 0.25) is 0 Å². The molecule has 1 heterocycles. The SMILES string of the molecule is CC(C)[C@@H](N)c1nc(-c2cccc([N+](=O)[O-])c2)no1. The van der Waals surface area contributed by atoms with Gasteiger partial charge in [-0.3, -0.25) is 10.1 Å². The molecule has 2 aromatic rings. The fourth-order valence-corrected chi connectivity index (χ4v) is 1.53. The minimum Gasteiger partial charge on any atom is -0.337 e. The Hall–Kier alpha value is -2.28. The van der Waals surface area contributed by atoms with Gasteiger partial charge in [0.25, 0.3) is 5.69 Å². The van der Waals surface area contributed by atoms with Crippen LogP contribution >= 0.6 is 0 Å². The van der Waals surface area contributed by atoms with E-state index in [0.717, 1.165) is 0 Å². The van der Waals surface area contributed by atoms with E-state index in [0.29, 0.717) is 17.3 Å². The van der Waals surface area contributed by atoms with Crippen molar-refractivity contribution in [1.82, 2.24) is 10.1 Å². The molecule has 0 radical (unpaired) electrons. The van der Waals surface area contributed by atoms with Crippen molar-refractivity contribution in [3.63, 3.8) is 0 Å². The van der Waals surface area contributed by atoms with Crippen LogP contribution in [0, 0.1) is 16.0 Å².